The Morgan fingerprint density at radius 3 is 2.48 bits per heavy atom. The van der Waals surface area contributed by atoms with Gasteiger partial charge in [-0.2, -0.15) is 0 Å². The molecular formula is C18H18BrClN2O. The SMILES string of the molecule is O=C(Cc1cccc(Br)c1)N1CCN(c2ccccc2Cl)CC1. The van der Waals surface area contributed by atoms with E-state index in [1.165, 1.54) is 0 Å². The molecule has 23 heavy (non-hydrogen) atoms. The van der Waals surface area contributed by atoms with E-state index in [1.807, 2.05) is 53.4 Å². The zero-order valence-corrected chi connectivity index (χ0v) is 15.1. The van der Waals surface area contributed by atoms with Crippen LogP contribution in [0.15, 0.2) is 53.0 Å². The summed E-state index contributed by atoms with van der Waals surface area (Å²) in [6, 6.07) is 15.8. The molecule has 1 aliphatic heterocycles. The molecule has 1 fully saturated rings. The zero-order valence-electron chi connectivity index (χ0n) is 12.7. The Morgan fingerprint density at radius 1 is 1.04 bits per heavy atom. The van der Waals surface area contributed by atoms with Gasteiger partial charge < -0.3 is 9.80 Å². The van der Waals surface area contributed by atoms with E-state index in [4.69, 9.17) is 11.6 Å². The zero-order chi connectivity index (χ0) is 16.2. The fraction of sp³-hybridized carbons (Fsp3) is 0.278. The second-order valence-electron chi connectivity index (χ2n) is 5.63. The second-order valence-corrected chi connectivity index (χ2v) is 6.95. The van der Waals surface area contributed by atoms with Crippen molar-refractivity contribution in [3.05, 3.63) is 63.6 Å². The standard InChI is InChI=1S/C18H18BrClN2O/c19-15-5-3-4-14(12-15)13-18(23)22-10-8-21(9-11-22)17-7-2-1-6-16(17)20/h1-7,12H,8-11,13H2. The minimum Gasteiger partial charge on any atom is -0.367 e. The van der Waals surface area contributed by atoms with Crippen LogP contribution in [0, 0.1) is 0 Å². The molecule has 2 aromatic carbocycles. The lowest BCUT2D eigenvalue weighted by atomic mass is 10.1. The first-order chi connectivity index (χ1) is 11.1. The molecule has 0 radical (unpaired) electrons. The van der Waals surface area contributed by atoms with E-state index in [1.54, 1.807) is 0 Å². The van der Waals surface area contributed by atoms with E-state index in [0.29, 0.717) is 6.42 Å². The lowest BCUT2D eigenvalue weighted by Gasteiger charge is -2.36. The van der Waals surface area contributed by atoms with Crippen LogP contribution in [-0.4, -0.2) is 37.0 Å². The topological polar surface area (TPSA) is 23.6 Å². The highest BCUT2D eigenvalue weighted by molar-refractivity contribution is 9.10. The molecule has 5 heteroatoms. The fourth-order valence-corrected chi connectivity index (χ4v) is 3.54. The van der Waals surface area contributed by atoms with Crippen molar-refractivity contribution in [1.29, 1.82) is 0 Å². The molecule has 1 aliphatic rings. The number of piperazine rings is 1. The number of benzene rings is 2. The minimum absolute atomic E-state index is 0.182. The molecule has 3 nitrogen and oxygen atoms in total. The lowest BCUT2D eigenvalue weighted by molar-refractivity contribution is -0.130. The molecule has 0 bridgehead atoms. The summed E-state index contributed by atoms with van der Waals surface area (Å²) in [5.74, 6) is 0.182. The molecule has 1 saturated heterocycles. The van der Waals surface area contributed by atoms with E-state index in [2.05, 4.69) is 20.8 Å². The maximum Gasteiger partial charge on any atom is 0.227 e. The summed E-state index contributed by atoms with van der Waals surface area (Å²) in [5, 5.41) is 0.765. The molecule has 0 aromatic heterocycles. The Hall–Kier alpha value is -1.52. The number of nitrogens with zero attached hydrogens (tertiary/aromatic N) is 2. The van der Waals surface area contributed by atoms with Crippen molar-refractivity contribution < 1.29 is 4.79 Å². The van der Waals surface area contributed by atoms with Crippen molar-refractivity contribution in [2.45, 2.75) is 6.42 Å². The van der Waals surface area contributed by atoms with Gasteiger partial charge in [0.25, 0.3) is 0 Å². The summed E-state index contributed by atoms with van der Waals surface area (Å²) in [7, 11) is 0. The summed E-state index contributed by atoms with van der Waals surface area (Å²) >= 11 is 9.70. The van der Waals surface area contributed by atoms with Crippen LogP contribution in [0.5, 0.6) is 0 Å². The first-order valence-corrected chi connectivity index (χ1v) is 8.82. The predicted octanol–water partition coefficient (Wildman–Crippen LogP) is 3.99. The van der Waals surface area contributed by atoms with Crippen molar-refractivity contribution in [1.82, 2.24) is 4.90 Å². The smallest absolute Gasteiger partial charge is 0.227 e. The quantitative estimate of drug-likeness (QED) is 0.787. The van der Waals surface area contributed by atoms with Crippen LogP contribution in [0.4, 0.5) is 5.69 Å². The minimum atomic E-state index is 0.182. The monoisotopic (exact) mass is 392 g/mol. The van der Waals surface area contributed by atoms with Crippen LogP contribution in [0.1, 0.15) is 5.56 Å². The summed E-state index contributed by atoms with van der Waals surface area (Å²) in [6.07, 6.45) is 0.450. The second kappa shape index (κ2) is 7.37. The van der Waals surface area contributed by atoms with E-state index in [9.17, 15) is 4.79 Å². The molecule has 1 heterocycles. The van der Waals surface area contributed by atoms with Gasteiger partial charge in [-0.3, -0.25) is 4.79 Å². The van der Waals surface area contributed by atoms with Gasteiger partial charge in [0, 0.05) is 30.7 Å². The Kier molecular flexibility index (Phi) is 5.23. The van der Waals surface area contributed by atoms with Gasteiger partial charge in [-0.1, -0.05) is 51.8 Å². The van der Waals surface area contributed by atoms with Gasteiger partial charge in [0.1, 0.15) is 0 Å². The van der Waals surface area contributed by atoms with Crippen LogP contribution in [-0.2, 0) is 11.2 Å². The normalized spacial score (nSPS) is 14.9. The molecular weight excluding hydrogens is 376 g/mol. The van der Waals surface area contributed by atoms with Gasteiger partial charge in [0.15, 0.2) is 0 Å². The van der Waals surface area contributed by atoms with Crippen LogP contribution in [0.25, 0.3) is 0 Å². The summed E-state index contributed by atoms with van der Waals surface area (Å²) < 4.78 is 1.01. The summed E-state index contributed by atoms with van der Waals surface area (Å²) in [5.41, 5.74) is 2.09. The molecule has 2 aromatic rings. The highest BCUT2D eigenvalue weighted by Gasteiger charge is 2.22. The van der Waals surface area contributed by atoms with E-state index < -0.39 is 0 Å². The first kappa shape index (κ1) is 16.3. The molecule has 0 N–H and O–H groups in total. The Balaban J connectivity index is 1.58. The van der Waals surface area contributed by atoms with Crippen molar-refractivity contribution >= 4 is 39.1 Å². The molecule has 120 valence electrons. The number of anilines is 1. The van der Waals surface area contributed by atoms with Crippen molar-refractivity contribution in [2.75, 3.05) is 31.1 Å². The van der Waals surface area contributed by atoms with Crippen LogP contribution >= 0.6 is 27.5 Å². The van der Waals surface area contributed by atoms with E-state index in [0.717, 1.165) is 46.9 Å². The highest BCUT2D eigenvalue weighted by Crippen LogP contribution is 2.26. The molecule has 3 rings (SSSR count). The number of amides is 1. The van der Waals surface area contributed by atoms with Crippen LogP contribution < -0.4 is 4.90 Å². The third kappa shape index (κ3) is 4.06. The maximum atomic E-state index is 12.5. The number of halogens is 2. The van der Waals surface area contributed by atoms with Gasteiger partial charge in [-0.15, -0.1) is 0 Å². The summed E-state index contributed by atoms with van der Waals surface area (Å²) in [4.78, 5) is 16.6. The van der Waals surface area contributed by atoms with Gasteiger partial charge >= 0.3 is 0 Å². The molecule has 0 atom stereocenters. The first-order valence-electron chi connectivity index (χ1n) is 7.65. The number of hydrogen-bond acceptors (Lipinski definition) is 2. The van der Waals surface area contributed by atoms with Gasteiger partial charge in [0.2, 0.25) is 5.91 Å². The van der Waals surface area contributed by atoms with Crippen molar-refractivity contribution in [3.63, 3.8) is 0 Å². The van der Waals surface area contributed by atoms with Crippen molar-refractivity contribution in [2.24, 2.45) is 0 Å². The molecule has 0 saturated carbocycles. The molecule has 0 spiro atoms. The number of carbonyl (C=O) groups is 1. The Bertz CT molecular complexity index is 699. The number of carbonyl (C=O) groups excluding carboxylic acids is 1. The summed E-state index contributed by atoms with van der Waals surface area (Å²) in [6.45, 7) is 3.10. The van der Waals surface area contributed by atoms with E-state index >= 15 is 0 Å². The van der Waals surface area contributed by atoms with E-state index in [-0.39, 0.29) is 5.91 Å². The predicted molar refractivity (Wildman–Crippen MR) is 98.1 cm³/mol. The number of rotatable bonds is 3. The Morgan fingerprint density at radius 2 is 1.78 bits per heavy atom. The van der Waals surface area contributed by atoms with Gasteiger partial charge in [0.05, 0.1) is 17.1 Å². The lowest BCUT2D eigenvalue weighted by Crippen LogP contribution is -2.49. The highest BCUT2D eigenvalue weighted by atomic mass is 79.9. The van der Waals surface area contributed by atoms with Crippen LogP contribution in [0.3, 0.4) is 0 Å². The third-order valence-corrected chi connectivity index (χ3v) is 4.88. The molecule has 0 unspecified atom stereocenters. The Labute approximate surface area is 150 Å². The number of hydrogen-bond donors (Lipinski definition) is 0. The fourth-order valence-electron chi connectivity index (χ4n) is 2.84. The molecule has 0 aliphatic carbocycles. The van der Waals surface area contributed by atoms with Gasteiger partial charge in [-0.05, 0) is 29.8 Å². The maximum absolute atomic E-state index is 12.5. The number of para-hydroxylation sites is 1. The van der Waals surface area contributed by atoms with Gasteiger partial charge in [-0.25, -0.2) is 0 Å². The molecule has 1 amide bonds. The van der Waals surface area contributed by atoms with Crippen molar-refractivity contribution in [3.8, 4) is 0 Å². The third-order valence-electron chi connectivity index (χ3n) is 4.07. The largest absolute Gasteiger partial charge is 0.367 e. The van der Waals surface area contributed by atoms with Crippen LogP contribution in [0.2, 0.25) is 5.02 Å². The average Bonchev–Trinajstić information content (AvgIpc) is 2.55. The average molecular weight is 394 g/mol.